The number of carbonyl (C=O) groups excluding carboxylic acids is 1. The van der Waals surface area contributed by atoms with Crippen molar-refractivity contribution in [3.8, 4) is 0 Å². The molecule has 0 fully saturated rings. The molecule has 1 atom stereocenters. The van der Waals surface area contributed by atoms with E-state index in [1.807, 2.05) is 51.1 Å². The van der Waals surface area contributed by atoms with Crippen molar-refractivity contribution in [3.05, 3.63) is 35.9 Å². The van der Waals surface area contributed by atoms with Gasteiger partial charge < -0.3 is 14.8 Å². The summed E-state index contributed by atoms with van der Waals surface area (Å²) in [7, 11) is 1.78. The Bertz CT molecular complexity index is 405. The lowest BCUT2D eigenvalue weighted by Crippen LogP contribution is -2.49. The van der Waals surface area contributed by atoms with Gasteiger partial charge in [0.2, 0.25) is 0 Å². The fourth-order valence-electron chi connectivity index (χ4n) is 2.16. The molecular formula is C16H25NO3. The van der Waals surface area contributed by atoms with Crippen molar-refractivity contribution in [2.24, 2.45) is 0 Å². The molecule has 0 saturated carbocycles. The Morgan fingerprint density at radius 3 is 2.45 bits per heavy atom. The molecule has 112 valence electrons. The quantitative estimate of drug-likeness (QED) is 0.743. The van der Waals surface area contributed by atoms with E-state index < -0.39 is 5.54 Å². The molecule has 4 nitrogen and oxygen atoms in total. The summed E-state index contributed by atoms with van der Waals surface area (Å²) in [4.78, 5) is 12.4. The summed E-state index contributed by atoms with van der Waals surface area (Å²) in [6.07, 6.45) is 0.673. The second kappa shape index (κ2) is 8.02. The van der Waals surface area contributed by atoms with E-state index in [1.165, 1.54) is 0 Å². The Morgan fingerprint density at radius 2 is 1.95 bits per heavy atom. The van der Waals surface area contributed by atoms with Gasteiger partial charge in [-0.3, -0.25) is 0 Å². The molecule has 0 radical (unpaired) electrons. The number of likely N-dealkylation sites (N-methyl/N-ethyl adjacent to an activating group) is 1. The summed E-state index contributed by atoms with van der Waals surface area (Å²) in [5, 5.41) is 3.14. The Morgan fingerprint density at radius 1 is 1.30 bits per heavy atom. The summed E-state index contributed by atoms with van der Waals surface area (Å²) in [6, 6.07) is 9.64. The van der Waals surface area contributed by atoms with Crippen LogP contribution in [0, 0.1) is 0 Å². The molecule has 1 rings (SSSR count). The molecule has 0 aliphatic rings. The topological polar surface area (TPSA) is 47.6 Å². The summed E-state index contributed by atoms with van der Waals surface area (Å²) < 4.78 is 10.9. The van der Waals surface area contributed by atoms with Gasteiger partial charge in [0.15, 0.2) is 0 Å². The van der Waals surface area contributed by atoms with Crippen LogP contribution in [0.3, 0.4) is 0 Å². The molecule has 1 aromatic carbocycles. The first-order valence-electron chi connectivity index (χ1n) is 7.10. The van der Waals surface area contributed by atoms with E-state index >= 15 is 0 Å². The molecule has 0 saturated heterocycles. The van der Waals surface area contributed by atoms with Crippen LogP contribution in [0.15, 0.2) is 30.3 Å². The molecular weight excluding hydrogens is 254 g/mol. The van der Waals surface area contributed by atoms with Crippen molar-refractivity contribution in [2.45, 2.75) is 38.8 Å². The normalized spacial score (nSPS) is 14.1. The zero-order chi connectivity index (χ0) is 15.0. The van der Waals surface area contributed by atoms with Gasteiger partial charge in [0.05, 0.1) is 12.7 Å². The molecule has 1 N–H and O–H groups in total. The average Bonchev–Trinajstić information content (AvgIpc) is 2.44. The zero-order valence-electron chi connectivity index (χ0n) is 12.8. The minimum Gasteiger partial charge on any atom is -0.464 e. The molecule has 0 aliphatic carbocycles. The van der Waals surface area contributed by atoms with E-state index in [-0.39, 0.29) is 12.1 Å². The number of hydrogen-bond donors (Lipinski definition) is 1. The minimum absolute atomic E-state index is 0.141. The highest BCUT2D eigenvalue weighted by Gasteiger charge is 2.40. The standard InChI is InChI=1S/C16H25NO3/c1-5-19-15(18)16(17-4,11-12-20-13(2)3)14-9-7-6-8-10-14/h6-10,13,17H,5,11-12H2,1-4H3. The van der Waals surface area contributed by atoms with Gasteiger partial charge in [0.1, 0.15) is 5.54 Å². The van der Waals surface area contributed by atoms with Gasteiger partial charge in [-0.05, 0) is 33.4 Å². The fourth-order valence-corrected chi connectivity index (χ4v) is 2.16. The predicted octanol–water partition coefficient (Wildman–Crippen LogP) is 2.48. The molecule has 0 aromatic heterocycles. The monoisotopic (exact) mass is 279 g/mol. The number of nitrogens with one attached hydrogen (secondary N) is 1. The number of hydrogen-bond acceptors (Lipinski definition) is 4. The largest absolute Gasteiger partial charge is 0.464 e. The van der Waals surface area contributed by atoms with Crippen LogP contribution in [0.1, 0.15) is 32.8 Å². The number of benzene rings is 1. The lowest BCUT2D eigenvalue weighted by Gasteiger charge is -2.31. The highest BCUT2D eigenvalue weighted by Crippen LogP contribution is 2.27. The molecule has 0 amide bonds. The van der Waals surface area contributed by atoms with Crippen LogP contribution < -0.4 is 5.32 Å². The summed E-state index contributed by atoms with van der Waals surface area (Å²) in [6.45, 7) is 6.63. The second-order valence-electron chi connectivity index (χ2n) is 4.91. The molecule has 0 bridgehead atoms. The first-order valence-corrected chi connectivity index (χ1v) is 7.10. The summed E-state index contributed by atoms with van der Waals surface area (Å²) >= 11 is 0. The van der Waals surface area contributed by atoms with Crippen molar-refractivity contribution < 1.29 is 14.3 Å². The Balaban J connectivity index is 3.00. The van der Waals surface area contributed by atoms with Crippen LogP contribution in [0.25, 0.3) is 0 Å². The van der Waals surface area contributed by atoms with Crippen molar-refractivity contribution in [3.63, 3.8) is 0 Å². The molecule has 0 spiro atoms. The Kier molecular flexibility index (Phi) is 6.68. The minimum atomic E-state index is -0.855. The van der Waals surface area contributed by atoms with Crippen LogP contribution >= 0.6 is 0 Å². The maximum Gasteiger partial charge on any atom is 0.331 e. The fraction of sp³-hybridized carbons (Fsp3) is 0.562. The molecule has 1 aromatic rings. The first-order chi connectivity index (χ1) is 9.56. The van der Waals surface area contributed by atoms with Gasteiger partial charge >= 0.3 is 5.97 Å². The van der Waals surface area contributed by atoms with Crippen LogP contribution in [0.2, 0.25) is 0 Å². The van der Waals surface area contributed by atoms with Gasteiger partial charge in [-0.1, -0.05) is 30.3 Å². The molecule has 4 heteroatoms. The number of ether oxygens (including phenoxy) is 2. The van der Waals surface area contributed by atoms with Crippen molar-refractivity contribution in [2.75, 3.05) is 20.3 Å². The van der Waals surface area contributed by atoms with Gasteiger partial charge in [-0.15, -0.1) is 0 Å². The van der Waals surface area contributed by atoms with Crippen LogP contribution in [0.5, 0.6) is 0 Å². The maximum atomic E-state index is 12.4. The highest BCUT2D eigenvalue weighted by molar-refractivity contribution is 5.82. The van der Waals surface area contributed by atoms with Crippen molar-refractivity contribution in [1.82, 2.24) is 5.32 Å². The zero-order valence-corrected chi connectivity index (χ0v) is 12.8. The van der Waals surface area contributed by atoms with E-state index in [2.05, 4.69) is 5.32 Å². The van der Waals surface area contributed by atoms with E-state index in [1.54, 1.807) is 7.05 Å². The van der Waals surface area contributed by atoms with Gasteiger partial charge in [-0.25, -0.2) is 4.79 Å². The van der Waals surface area contributed by atoms with Crippen LogP contribution in [-0.2, 0) is 19.8 Å². The first kappa shape index (κ1) is 16.7. The Labute approximate surface area is 121 Å². The second-order valence-corrected chi connectivity index (χ2v) is 4.91. The van der Waals surface area contributed by atoms with E-state index in [9.17, 15) is 4.79 Å². The summed E-state index contributed by atoms with van der Waals surface area (Å²) in [5.41, 5.74) is 0.0416. The van der Waals surface area contributed by atoms with Crippen LogP contribution in [-0.4, -0.2) is 32.3 Å². The summed E-state index contributed by atoms with van der Waals surface area (Å²) in [5.74, 6) is -0.263. The average molecular weight is 279 g/mol. The maximum absolute atomic E-state index is 12.4. The molecule has 20 heavy (non-hydrogen) atoms. The number of carbonyl (C=O) groups is 1. The van der Waals surface area contributed by atoms with Crippen LogP contribution in [0.4, 0.5) is 0 Å². The molecule has 1 unspecified atom stereocenters. The lowest BCUT2D eigenvalue weighted by molar-refractivity contribution is -0.152. The smallest absolute Gasteiger partial charge is 0.331 e. The predicted molar refractivity (Wildman–Crippen MR) is 79.5 cm³/mol. The lowest BCUT2D eigenvalue weighted by atomic mass is 9.87. The Hall–Kier alpha value is -1.39. The number of rotatable bonds is 8. The molecule has 0 aliphatic heterocycles. The SMILES string of the molecule is CCOC(=O)C(CCOC(C)C)(NC)c1ccccc1. The van der Waals surface area contributed by atoms with Crippen molar-refractivity contribution in [1.29, 1.82) is 0 Å². The number of esters is 1. The van der Waals surface area contributed by atoms with Gasteiger partial charge in [-0.2, -0.15) is 0 Å². The van der Waals surface area contributed by atoms with Gasteiger partial charge in [0.25, 0.3) is 0 Å². The van der Waals surface area contributed by atoms with E-state index in [0.717, 1.165) is 5.56 Å². The van der Waals surface area contributed by atoms with Crippen molar-refractivity contribution >= 4 is 5.97 Å². The van der Waals surface area contributed by atoms with E-state index in [0.29, 0.717) is 19.6 Å². The highest BCUT2D eigenvalue weighted by atomic mass is 16.5. The molecule has 0 heterocycles. The van der Waals surface area contributed by atoms with Gasteiger partial charge in [0, 0.05) is 13.0 Å². The third kappa shape index (κ3) is 4.05. The third-order valence-corrected chi connectivity index (χ3v) is 3.25. The van der Waals surface area contributed by atoms with E-state index in [4.69, 9.17) is 9.47 Å². The third-order valence-electron chi connectivity index (χ3n) is 3.25.